The zero-order chi connectivity index (χ0) is 18.4. The van der Waals surface area contributed by atoms with Gasteiger partial charge in [0.05, 0.1) is 17.4 Å². The van der Waals surface area contributed by atoms with E-state index >= 15 is 0 Å². The van der Waals surface area contributed by atoms with Gasteiger partial charge in [-0.15, -0.1) is 0 Å². The summed E-state index contributed by atoms with van der Waals surface area (Å²) in [4.78, 5) is 11.0. The maximum absolute atomic E-state index is 4.44. The molecule has 3 aromatic rings. The van der Waals surface area contributed by atoms with Gasteiger partial charge in [-0.2, -0.15) is 0 Å². The summed E-state index contributed by atoms with van der Waals surface area (Å²) in [7, 11) is 3.91. The molecule has 0 amide bonds. The molecule has 0 fully saturated rings. The third kappa shape index (κ3) is 4.23. The molecule has 1 heterocycles. The smallest absolute Gasteiger partial charge is 0.193 e. The number of aryl methyl sites for hydroxylation is 2. The molecule has 26 heavy (non-hydrogen) atoms. The number of nitrogens with one attached hydrogen (secondary N) is 1. The molecule has 3 rings (SSSR count). The van der Waals surface area contributed by atoms with Crippen LogP contribution in [0.5, 0.6) is 0 Å². The number of hydrogen-bond donors (Lipinski definition) is 1. The summed E-state index contributed by atoms with van der Waals surface area (Å²) in [5.74, 6) is 0.920. The number of benzene rings is 2. The summed E-state index contributed by atoms with van der Waals surface area (Å²) in [6, 6.07) is 16.7. The molecule has 0 spiro atoms. The fourth-order valence-corrected chi connectivity index (χ4v) is 3.14. The summed E-state index contributed by atoms with van der Waals surface area (Å²) >= 11 is 0. The van der Waals surface area contributed by atoms with Gasteiger partial charge in [0.15, 0.2) is 5.96 Å². The van der Waals surface area contributed by atoms with Crippen LogP contribution in [0.2, 0.25) is 0 Å². The van der Waals surface area contributed by atoms with E-state index in [4.69, 9.17) is 0 Å². The monoisotopic (exact) mass is 349 g/mol. The van der Waals surface area contributed by atoms with E-state index in [9.17, 15) is 0 Å². The first-order valence-electron chi connectivity index (χ1n) is 9.05. The maximum atomic E-state index is 4.44. The summed E-state index contributed by atoms with van der Waals surface area (Å²) in [5, 5.41) is 3.46. The zero-order valence-corrected chi connectivity index (χ0v) is 15.8. The number of imidazole rings is 1. The Bertz CT molecular complexity index is 881. The van der Waals surface area contributed by atoms with E-state index in [0.717, 1.165) is 37.5 Å². The van der Waals surface area contributed by atoms with E-state index in [0.29, 0.717) is 0 Å². The minimum absolute atomic E-state index is 0.846. The third-order valence-corrected chi connectivity index (χ3v) is 4.63. The minimum atomic E-state index is 0.846. The number of rotatable bonds is 6. The summed E-state index contributed by atoms with van der Waals surface area (Å²) in [6.45, 7) is 4.80. The summed E-state index contributed by atoms with van der Waals surface area (Å²) in [6.07, 6.45) is 2.93. The quantitative estimate of drug-likeness (QED) is 0.421. The van der Waals surface area contributed by atoms with Crippen LogP contribution < -0.4 is 5.32 Å². The molecule has 5 nitrogen and oxygen atoms in total. The van der Waals surface area contributed by atoms with Crippen LogP contribution in [0.15, 0.2) is 59.9 Å². The number of aliphatic imine (C=N–C) groups is 1. The molecule has 0 radical (unpaired) electrons. The predicted molar refractivity (Wildman–Crippen MR) is 108 cm³/mol. The second kappa shape index (κ2) is 8.52. The Labute approximate surface area is 155 Å². The van der Waals surface area contributed by atoms with Crippen molar-refractivity contribution in [3.05, 3.63) is 66.0 Å². The molecule has 1 N–H and O–H groups in total. The van der Waals surface area contributed by atoms with Crippen molar-refractivity contribution in [2.24, 2.45) is 4.99 Å². The second-order valence-electron chi connectivity index (χ2n) is 6.54. The van der Waals surface area contributed by atoms with Crippen LogP contribution in [0, 0.1) is 6.92 Å². The van der Waals surface area contributed by atoms with Crippen LogP contribution in [-0.4, -0.2) is 41.1 Å². The highest BCUT2D eigenvalue weighted by atomic mass is 15.3. The highest BCUT2D eigenvalue weighted by molar-refractivity contribution is 5.79. The lowest BCUT2D eigenvalue weighted by molar-refractivity contribution is 0.472. The molecule has 0 unspecified atom stereocenters. The van der Waals surface area contributed by atoms with Crippen molar-refractivity contribution in [2.75, 3.05) is 20.6 Å². The molecule has 0 aliphatic carbocycles. The van der Waals surface area contributed by atoms with Crippen molar-refractivity contribution in [2.45, 2.75) is 26.4 Å². The van der Waals surface area contributed by atoms with Crippen molar-refractivity contribution >= 4 is 17.0 Å². The van der Waals surface area contributed by atoms with Gasteiger partial charge in [-0.05, 0) is 36.6 Å². The van der Waals surface area contributed by atoms with Crippen molar-refractivity contribution in [1.82, 2.24) is 19.8 Å². The Morgan fingerprint density at radius 1 is 1.15 bits per heavy atom. The number of nitrogens with zero attached hydrogens (tertiary/aromatic N) is 4. The standard InChI is InChI=1S/C21H27N5/c1-17-9-4-5-10-18(17)15-25(3)21(22-2)23-13-8-14-26-16-24-19-11-6-7-12-20(19)26/h4-7,9-12,16H,8,13-15H2,1-3H3,(H,22,23). The highest BCUT2D eigenvalue weighted by Crippen LogP contribution is 2.12. The largest absolute Gasteiger partial charge is 0.356 e. The molecule has 136 valence electrons. The van der Waals surface area contributed by atoms with Gasteiger partial charge in [0, 0.05) is 33.7 Å². The van der Waals surface area contributed by atoms with Crippen molar-refractivity contribution < 1.29 is 0 Å². The maximum Gasteiger partial charge on any atom is 0.193 e. The average molecular weight is 349 g/mol. The minimum Gasteiger partial charge on any atom is -0.356 e. The fraction of sp³-hybridized carbons (Fsp3) is 0.333. The number of aromatic nitrogens is 2. The van der Waals surface area contributed by atoms with Gasteiger partial charge in [-0.1, -0.05) is 36.4 Å². The first-order chi connectivity index (χ1) is 12.7. The van der Waals surface area contributed by atoms with Crippen molar-refractivity contribution in [1.29, 1.82) is 0 Å². The van der Waals surface area contributed by atoms with Gasteiger partial charge >= 0.3 is 0 Å². The Morgan fingerprint density at radius 2 is 1.92 bits per heavy atom. The molecule has 0 aliphatic heterocycles. The Hall–Kier alpha value is -2.82. The van der Waals surface area contributed by atoms with Crippen molar-refractivity contribution in [3.8, 4) is 0 Å². The highest BCUT2D eigenvalue weighted by Gasteiger charge is 2.08. The van der Waals surface area contributed by atoms with Crippen LogP contribution in [0.25, 0.3) is 11.0 Å². The Balaban J connectivity index is 1.50. The van der Waals surface area contributed by atoms with Crippen LogP contribution in [0.3, 0.4) is 0 Å². The predicted octanol–water partition coefficient (Wildman–Crippen LogP) is 3.44. The van der Waals surface area contributed by atoms with Gasteiger partial charge in [0.25, 0.3) is 0 Å². The lowest BCUT2D eigenvalue weighted by Gasteiger charge is -2.23. The molecular formula is C21H27N5. The van der Waals surface area contributed by atoms with Gasteiger partial charge in [0.2, 0.25) is 0 Å². The van der Waals surface area contributed by atoms with E-state index in [2.05, 4.69) is 75.1 Å². The van der Waals surface area contributed by atoms with E-state index in [1.807, 2.05) is 25.5 Å². The number of fused-ring (bicyclic) bond motifs is 1. The molecule has 0 saturated carbocycles. The second-order valence-corrected chi connectivity index (χ2v) is 6.54. The van der Waals surface area contributed by atoms with E-state index in [1.165, 1.54) is 16.6 Å². The van der Waals surface area contributed by atoms with Crippen LogP contribution >= 0.6 is 0 Å². The van der Waals surface area contributed by atoms with Crippen molar-refractivity contribution in [3.63, 3.8) is 0 Å². The first kappa shape index (κ1) is 18.0. The van der Waals surface area contributed by atoms with Gasteiger partial charge in [-0.25, -0.2) is 4.98 Å². The van der Waals surface area contributed by atoms with Crippen LogP contribution in [-0.2, 0) is 13.1 Å². The Kier molecular flexibility index (Phi) is 5.89. The van der Waals surface area contributed by atoms with Gasteiger partial charge in [-0.3, -0.25) is 4.99 Å². The topological polar surface area (TPSA) is 45.5 Å². The SMILES string of the molecule is CN=C(NCCCn1cnc2ccccc21)N(C)Cc1ccccc1C. The first-order valence-corrected chi connectivity index (χ1v) is 9.05. The lowest BCUT2D eigenvalue weighted by atomic mass is 10.1. The number of para-hydroxylation sites is 2. The number of guanidine groups is 1. The molecular weight excluding hydrogens is 322 g/mol. The Morgan fingerprint density at radius 3 is 2.73 bits per heavy atom. The average Bonchev–Trinajstić information content (AvgIpc) is 3.07. The summed E-state index contributed by atoms with van der Waals surface area (Å²) < 4.78 is 2.21. The molecule has 0 atom stereocenters. The van der Waals surface area contributed by atoms with E-state index in [1.54, 1.807) is 0 Å². The summed E-state index contributed by atoms with van der Waals surface area (Å²) in [5.41, 5.74) is 4.87. The van der Waals surface area contributed by atoms with Gasteiger partial charge < -0.3 is 14.8 Å². The number of hydrogen-bond acceptors (Lipinski definition) is 2. The van der Waals surface area contributed by atoms with E-state index < -0.39 is 0 Å². The van der Waals surface area contributed by atoms with E-state index in [-0.39, 0.29) is 0 Å². The fourth-order valence-electron chi connectivity index (χ4n) is 3.14. The normalized spacial score (nSPS) is 11.7. The molecule has 2 aromatic carbocycles. The molecule has 0 aliphatic rings. The third-order valence-electron chi connectivity index (χ3n) is 4.63. The molecule has 5 heteroatoms. The van der Waals surface area contributed by atoms with Crippen LogP contribution in [0.4, 0.5) is 0 Å². The zero-order valence-electron chi connectivity index (χ0n) is 15.8. The lowest BCUT2D eigenvalue weighted by Crippen LogP contribution is -2.39. The molecule has 0 bridgehead atoms. The molecule has 1 aromatic heterocycles. The van der Waals surface area contributed by atoms with Gasteiger partial charge in [0.1, 0.15) is 0 Å². The van der Waals surface area contributed by atoms with Crippen LogP contribution in [0.1, 0.15) is 17.5 Å². The molecule has 0 saturated heterocycles.